The molecule has 0 aliphatic heterocycles. The number of rotatable bonds is 8. The summed E-state index contributed by atoms with van der Waals surface area (Å²) in [5, 5.41) is 3.58. The molecule has 15 heavy (non-hydrogen) atoms. The molecule has 1 aliphatic carbocycles. The fourth-order valence-corrected chi connectivity index (χ4v) is 2.20. The highest BCUT2D eigenvalue weighted by Gasteiger charge is 2.32. The number of hydrogen-bond acceptors (Lipinski definition) is 2. The molecule has 1 unspecified atom stereocenters. The average molecular weight is 212 g/mol. The molecule has 0 heterocycles. The van der Waals surface area contributed by atoms with Crippen LogP contribution < -0.4 is 5.32 Å². The molecule has 1 atom stereocenters. The van der Waals surface area contributed by atoms with E-state index in [9.17, 15) is 0 Å². The van der Waals surface area contributed by atoms with Gasteiger partial charge in [-0.05, 0) is 32.2 Å². The molecule has 0 amide bonds. The first-order valence-electron chi connectivity index (χ1n) is 6.68. The SMILES string of the molecule is CCCN(C1CC1)C(CC)CNC(C)C. The predicted octanol–water partition coefficient (Wildman–Crippen LogP) is 2.64. The van der Waals surface area contributed by atoms with Crippen LogP contribution in [0.15, 0.2) is 0 Å². The second-order valence-corrected chi connectivity index (χ2v) is 5.09. The Morgan fingerprint density at radius 2 is 1.93 bits per heavy atom. The lowest BCUT2D eigenvalue weighted by molar-refractivity contribution is 0.174. The molecule has 1 aliphatic rings. The van der Waals surface area contributed by atoms with Crippen LogP contribution >= 0.6 is 0 Å². The van der Waals surface area contributed by atoms with E-state index in [1.54, 1.807) is 0 Å². The Morgan fingerprint density at radius 1 is 1.27 bits per heavy atom. The zero-order valence-electron chi connectivity index (χ0n) is 10.9. The van der Waals surface area contributed by atoms with Gasteiger partial charge in [-0.3, -0.25) is 4.90 Å². The van der Waals surface area contributed by atoms with Crippen LogP contribution in [0.25, 0.3) is 0 Å². The first kappa shape index (κ1) is 13.0. The second-order valence-electron chi connectivity index (χ2n) is 5.09. The van der Waals surface area contributed by atoms with Crippen molar-refractivity contribution in [2.75, 3.05) is 13.1 Å². The van der Waals surface area contributed by atoms with Gasteiger partial charge in [-0.1, -0.05) is 27.7 Å². The van der Waals surface area contributed by atoms with Crippen LogP contribution in [0.1, 0.15) is 53.4 Å². The quantitative estimate of drug-likeness (QED) is 0.665. The van der Waals surface area contributed by atoms with Gasteiger partial charge in [0.2, 0.25) is 0 Å². The van der Waals surface area contributed by atoms with Crippen molar-refractivity contribution in [1.82, 2.24) is 10.2 Å². The van der Waals surface area contributed by atoms with Crippen molar-refractivity contribution < 1.29 is 0 Å². The molecule has 0 aromatic carbocycles. The Bertz CT molecular complexity index is 164. The highest BCUT2D eigenvalue weighted by Crippen LogP contribution is 2.29. The Kier molecular flexibility index (Phi) is 5.62. The summed E-state index contributed by atoms with van der Waals surface area (Å²) in [5.74, 6) is 0. The molecule has 1 saturated carbocycles. The highest BCUT2D eigenvalue weighted by atomic mass is 15.2. The van der Waals surface area contributed by atoms with Gasteiger partial charge in [0, 0.05) is 24.7 Å². The number of nitrogens with one attached hydrogen (secondary N) is 1. The molecule has 0 radical (unpaired) electrons. The van der Waals surface area contributed by atoms with E-state index in [4.69, 9.17) is 0 Å². The fourth-order valence-electron chi connectivity index (χ4n) is 2.20. The maximum absolute atomic E-state index is 3.58. The zero-order valence-corrected chi connectivity index (χ0v) is 10.9. The summed E-state index contributed by atoms with van der Waals surface area (Å²) in [5.41, 5.74) is 0. The molecule has 0 aromatic heterocycles. The molecule has 0 bridgehead atoms. The van der Waals surface area contributed by atoms with E-state index in [0.717, 1.165) is 18.6 Å². The van der Waals surface area contributed by atoms with Crippen molar-refractivity contribution >= 4 is 0 Å². The summed E-state index contributed by atoms with van der Waals surface area (Å²) in [6, 6.07) is 2.27. The number of hydrogen-bond donors (Lipinski definition) is 1. The lowest BCUT2D eigenvalue weighted by atomic mass is 10.1. The van der Waals surface area contributed by atoms with Crippen molar-refractivity contribution in [2.24, 2.45) is 0 Å². The van der Waals surface area contributed by atoms with Gasteiger partial charge in [0.1, 0.15) is 0 Å². The largest absolute Gasteiger partial charge is 0.313 e. The molecule has 0 aromatic rings. The van der Waals surface area contributed by atoms with Crippen LogP contribution in [0.5, 0.6) is 0 Å². The molecule has 1 rings (SSSR count). The molecule has 0 saturated heterocycles. The van der Waals surface area contributed by atoms with Crippen molar-refractivity contribution in [2.45, 2.75) is 71.5 Å². The Balaban J connectivity index is 2.37. The third-order valence-corrected chi connectivity index (χ3v) is 3.20. The molecule has 1 fully saturated rings. The zero-order chi connectivity index (χ0) is 11.3. The molecular weight excluding hydrogens is 184 g/mol. The van der Waals surface area contributed by atoms with Gasteiger partial charge in [0.15, 0.2) is 0 Å². The highest BCUT2D eigenvalue weighted by molar-refractivity contribution is 4.89. The van der Waals surface area contributed by atoms with Gasteiger partial charge in [-0.2, -0.15) is 0 Å². The van der Waals surface area contributed by atoms with Crippen molar-refractivity contribution in [3.63, 3.8) is 0 Å². The normalized spacial score (nSPS) is 18.8. The molecule has 1 N–H and O–H groups in total. The van der Waals surface area contributed by atoms with Gasteiger partial charge >= 0.3 is 0 Å². The smallest absolute Gasteiger partial charge is 0.0221 e. The van der Waals surface area contributed by atoms with Crippen LogP contribution in [0.2, 0.25) is 0 Å². The van der Waals surface area contributed by atoms with Crippen LogP contribution in [0.4, 0.5) is 0 Å². The van der Waals surface area contributed by atoms with Crippen LogP contribution in [0, 0.1) is 0 Å². The summed E-state index contributed by atoms with van der Waals surface area (Å²) < 4.78 is 0. The van der Waals surface area contributed by atoms with E-state index in [1.165, 1.54) is 32.2 Å². The first-order valence-corrected chi connectivity index (χ1v) is 6.68. The van der Waals surface area contributed by atoms with Gasteiger partial charge in [0.25, 0.3) is 0 Å². The Hall–Kier alpha value is -0.0800. The average Bonchev–Trinajstić information content (AvgIpc) is 3.00. The van der Waals surface area contributed by atoms with Crippen molar-refractivity contribution in [3.05, 3.63) is 0 Å². The van der Waals surface area contributed by atoms with E-state index in [1.807, 2.05) is 0 Å². The predicted molar refractivity (Wildman–Crippen MR) is 67.2 cm³/mol. The molecular formula is C13H28N2. The lowest BCUT2D eigenvalue weighted by Gasteiger charge is -2.31. The summed E-state index contributed by atoms with van der Waals surface area (Å²) in [6.45, 7) is 11.5. The van der Waals surface area contributed by atoms with E-state index in [-0.39, 0.29) is 0 Å². The van der Waals surface area contributed by atoms with Crippen LogP contribution in [-0.4, -0.2) is 36.1 Å². The van der Waals surface area contributed by atoms with Gasteiger partial charge < -0.3 is 5.32 Å². The minimum Gasteiger partial charge on any atom is -0.313 e. The monoisotopic (exact) mass is 212 g/mol. The van der Waals surface area contributed by atoms with E-state index in [2.05, 4.69) is 37.9 Å². The standard InChI is InChI=1S/C13H28N2/c1-5-9-15(13-7-8-13)12(6-2)10-14-11(3)4/h11-14H,5-10H2,1-4H3. The van der Waals surface area contributed by atoms with Crippen LogP contribution in [0.3, 0.4) is 0 Å². The molecule has 90 valence electrons. The summed E-state index contributed by atoms with van der Waals surface area (Å²) in [6.07, 6.45) is 5.42. The second kappa shape index (κ2) is 6.49. The number of nitrogens with zero attached hydrogens (tertiary/aromatic N) is 1. The minimum atomic E-state index is 0.613. The van der Waals surface area contributed by atoms with Crippen LogP contribution in [-0.2, 0) is 0 Å². The topological polar surface area (TPSA) is 15.3 Å². The Labute approximate surface area is 95.4 Å². The molecule has 2 nitrogen and oxygen atoms in total. The van der Waals surface area contributed by atoms with Gasteiger partial charge in [-0.15, -0.1) is 0 Å². The summed E-state index contributed by atoms with van der Waals surface area (Å²) in [4.78, 5) is 2.73. The third-order valence-electron chi connectivity index (χ3n) is 3.20. The summed E-state index contributed by atoms with van der Waals surface area (Å²) in [7, 11) is 0. The molecule has 2 heteroatoms. The van der Waals surface area contributed by atoms with E-state index in [0.29, 0.717) is 6.04 Å². The molecule has 0 spiro atoms. The maximum atomic E-state index is 3.58. The maximum Gasteiger partial charge on any atom is 0.0221 e. The van der Waals surface area contributed by atoms with Gasteiger partial charge in [-0.25, -0.2) is 0 Å². The third kappa shape index (κ3) is 4.52. The van der Waals surface area contributed by atoms with Crippen molar-refractivity contribution in [3.8, 4) is 0 Å². The summed E-state index contributed by atoms with van der Waals surface area (Å²) >= 11 is 0. The lowest BCUT2D eigenvalue weighted by Crippen LogP contribution is -2.45. The Morgan fingerprint density at radius 3 is 2.33 bits per heavy atom. The van der Waals surface area contributed by atoms with Crippen molar-refractivity contribution in [1.29, 1.82) is 0 Å². The fraction of sp³-hybridized carbons (Fsp3) is 1.00. The van der Waals surface area contributed by atoms with Gasteiger partial charge in [0.05, 0.1) is 0 Å². The van der Waals surface area contributed by atoms with E-state index >= 15 is 0 Å². The first-order chi connectivity index (χ1) is 7.19. The van der Waals surface area contributed by atoms with E-state index < -0.39 is 0 Å². The minimum absolute atomic E-state index is 0.613.